The van der Waals surface area contributed by atoms with Gasteiger partial charge in [0.15, 0.2) is 0 Å². The molecule has 4 rings (SSSR count). The molecule has 3 aliphatic heterocycles. The molecule has 1 aromatic rings. The first-order chi connectivity index (χ1) is 11.7. The molecule has 2 N–H and O–H groups in total. The zero-order valence-corrected chi connectivity index (χ0v) is 13.7. The number of ether oxygens (including phenoxy) is 1. The molecule has 130 valence electrons. The van der Waals surface area contributed by atoms with Crippen molar-refractivity contribution in [1.82, 2.24) is 10.6 Å². The molecular formula is C18H24FN3O2. The number of nitrogens with zero attached hydrogens (tertiary/aromatic N) is 1. The lowest BCUT2D eigenvalue weighted by molar-refractivity contribution is 0.0980. The van der Waals surface area contributed by atoms with Crippen LogP contribution in [0, 0.1) is 5.82 Å². The van der Waals surface area contributed by atoms with E-state index >= 15 is 0 Å². The Morgan fingerprint density at radius 2 is 2.08 bits per heavy atom. The Kier molecular flexibility index (Phi) is 4.31. The van der Waals surface area contributed by atoms with E-state index in [1.54, 1.807) is 12.1 Å². The Morgan fingerprint density at radius 3 is 2.83 bits per heavy atom. The fraction of sp³-hybridized carbons (Fsp3) is 0.611. The summed E-state index contributed by atoms with van der Waals surface area (Å²) in [7, 11) is 0. The van der Waals surface area contributed by atoms with Crippen molar-refractivity contribution in [2.75, 3.05) is 18.0 Å². The maximum atomic E-state index is 14.0. The number of hydrogen-bond donors (Lipinski definition) is 2. The van der Waals surface area contributed by atoms with E-state index in [1.807, 2.05) is 11.0 Å². The third-order valence-corrected chi connectivity index (χ3v) is 5.37. The van der Waals surface area contributed by atoms with Crippen LogP contribution in [0.25, 0.3) is 0 Å². The van der Waals surface area contributed by atoms with Crippen molar-refractivity contribution in [1.29, 1.82) is 0 Å². The number of carbonyl (C=O) groups is 1. The van der Waals surface area contributed by atoms with Crippen LogP contribution in [0.4, 0.5) is 14.9 Å². The number of para-hydroxylation sites is 1. The summed E-state index contributed by atoms with van der Waals surface area (Å²) in [6.07, 6.45) is 5.45. The molecule has 4 atom stereocenters. The van der Waals surface area contributed by atoms with Crippen molar-refractivity contribution in [2.45, 2.75) is 56.4 Å². The van der Waals surface area contributed by atoms with Crippen LogP contribution in [0.1, 0.15) is 32.1 Å². The molecule has 24 heavy (non-hydrogen) atoms. The fourth-order valence-electron chi connectivity index (χ4n) is 4.21. The summed E-state index contributed by atoms with van der Waals surface area (Å²) in [5.74, 6) is -0.207. The number of urea groups is 1. The highest BCUT2D eigenvalue weighted by Crippen LogP contribution is 2.34. The average Bonchev–Trinajstić information content (AvgIpc) is 3.18. The van der Waals surface area contributed by atoms with E-state index in [4.69, 9.17) is 4.74 Å². The minimum absolute atomic E-state index is 0.0397. The Balaban J connectivity index is 1.31. The average molecular weight is 333 g/mol. The second-order valence-corrected chi connectivity index (χ2v) is 7.07. The minimum atomic E-state index is -0.207. The van der Waals surface area contributed by atoms with Gasteiger partial charge in [-0.05, 0) is 44.2 Å². The number of nitrogens with one attached hydrogen (secondary N) is 2. The van der Waals surface area contributed by atoms with E-state index < -0.39 is 0 Å². The van der Waals surface area contributed by atoms with E-state index in [9.17, 15) is 9.18 Å². The fourth-order valence-corrected chi connectivity index (χ4v) is 4.21. The van der Waals surface area contributed by atoms with Crippen molar-refractivity contribution in [3.63, 3.8) is 0 Å². The van der Waals surface area contributed by atoms with Gasteiger partial charge < -0.3 is 20.3 Å². The van der Waals surface area contributed by atoms with Gasteiger partial charge in [-0.2, -0.15) is 0 Å². The maximum Gasteiger partial charge on any atom is 0.315 e. The van der Waals surface area contributed by atoms with Crippen LogP contribution in [0.2, 0.25) is 0 Å². The molecule has 0 unspecified atom stereocenters. The highest BCUT2D eigenvalue weighted by molar-refractivity contribution is 5.75. The molecule has 5 nitrogen and oxygen atoms in total. The lowest BCUT2D eigenvalue weighted by Crippen LogP contribution is -2.53. The summed E-state index contributed by atoms with van der Waals surface area (Å²) >= 11 is 0. The van der Waals surface area contributed by atoms with E-state index in [0.29, 0.717) is 18.3 Å². The Bertz CT molecular complexity index is 612. The Morgan fingerprint density at radius 1 is 1.21 bits per heavy atom. The maximum absolute atomic E-state index is 14.0. The van der Waals surface area contributed by atoms with Gasteiger partial charge in [-0.1, -0.05) is 12.1 Å². The number of amides is 2. The summed E-state index contributed by atoms with van der Waals surface area (Å²) < 4.78 is 19.7. The predicted molar refractivity (Wildman–Crippen MR) is 89.6 cm³/mol. The number of carbonyl (C=O) groups excluding carboxylic acids is 1. The lowest BCUT2D eigenvalue weighted by atomic mass is 9.96. The van der Waals surface area contributed by atoms with Gasteiger partial charge in [0.05, 0.1) is 23.9 Å². The minimum Gasteiger partial charge on any atom is -0.373 e. The van der Waals surface area contributed by atoms with E-state index in [1.165, 1.54) is 6.07 Å². The summed E-state index contributed by atoms with van der Waals surface area (Å²) in [5.41, 5.74) is 0.617. The van der Waals surface area contributed by atoms with Crippen LogP contribution in [0.3, 0.4) is 0 Å². The number of rotatable bonds is 3. The summed E-state index contributed by atoms with van der Waals surface area (Å²) in [6.45, 7) is 1.46. The molecule has 0 spiro atoms. The monoisotopic (exact) mass is 333 g/mol. The van der Waals surface area contributed by atoms with Crippen molar-refractivity contribution >= 4 is 11.7 Å². The third-order valence-electron chi connectivity index (χ3n) is 5.37. The van der Waals surface area contributed by atoms with Crippen molar-refractivity contribution in [2.24, 2.45) is 0 Å². The summed E-state index contributed by atoms with van der Waals surface area (Å²) in [5, 5.41) is 6.11. The van der Waals surface area contributed by atoms with Gasteiger partial charge in [-0.3, -0.25) is 0 Å². The highest BCUT2D eigenvalue weighted by Gasteiger charge is 2.41. The summed E-state index contributed by atoms with van der Waals surface area (Å²) in [6, 6.07) is 6.86. The molecule has 2 amide bonds. The number of benzene rings is 1. The number of piperidine rings is 1. The molecule has 0 aromatic heterocycles. The van der Waals surface area contributed by atoms with Gasteiger partial charge in [0.2, 0.25) is 0 Å². The van der Waals surface area contributed by atoms with Gasteiger partial charge >= 0.3 is 6.03 Å². The smallest absolute Gasteiger partial charge is 0.315 e. The molecule has 3 aliphatic rings. The van der Waals surface area contributed by atoms with Gasteiger partial charge in [-0.15, -0.1) is 0 Å². The second kappa shape index (κ2) is 6.59. The van der Waals surface area contributed by atoms with Gasteiger partial charge in [0.1, 0.15) is 5.82 Å². The number of fused-ring (bicyclic) bond motifs is 2. The van der Waals surface area contributed by atoms with E-state index in [0.717, 1.165) is 38.6 Å². The van der Waals surface area contributed by atoms with Gasteiger partial charge in [0.25, 0.3) is 0 Å². The zero-order valence-electron chi connectivity index (χ0n) is 13.7. The molecule has 2 bridgehead atoms. The molecule has 3 heterocycles. The molecule has 0 aliphatic carbocycles. The molecular weight excluding hydrogens is 309 g/mol. The number of halogens is 1. The van der Waals surface area contributed by atoms with E-state index in [-0.39, 0.29) is 30.0 Å². The molecule has 6 heteroatoms. The number of anilines is 1. The largest absolute Gasteiger partial charge is 0.373 e. The predicted octanol–water partition coefficient (Wildman–Crippen LogP) is 2.41. The van der Waals surface area contributed by atoms with Crippen LogP contribution in [0.15, 0.2) is 24.3 Å². The van der Waals surface area contributed by atoms with Gasteiger partial charge in [-0.25, -0.2) is 9.18 Å². The van der Waals surface area contributed by atoms with Crippen LogP contribution >= 0.6 is 0 Å². The van der Waals surface area contributed by atoms with Crippen LogP contribution < -0.4 is 15.5 Å². The second-order valence-electron chi connectivity index (χ2n) is 7.07. The van der Waals surface area contributed by atoms with Crippen LogP contribution in [-0.2, 0) is 4.74 Å². The molecule has 0 radical (unpaired) electrons. The zero-order chi connectivity index (χ0) is 16.5. The van der Waals surface area contributed by atoms with Crippen LogP contribution in [-0.4, -0.2) is 43.4 Å². The quantitative estimate of drug-likeness (QED) is 0.893. The molecule has 0 saturated carbocycles. The third kappa shape index (κ3) is 3.20. The van der Waals surface area contributed by atoms with Crippen LogP contribution in [0.5, 0.6) is 0 Å². The molecule has 3 saturated heterocycles. The normalized spacial score (nSPS) is 32.0. The Hall–Kier alpha value is -1.82. The molecule has 3 fully saturated rings. The first-order valence-corrected chi connectivity index (χ1v) is 8.91. The first-order valence-electron chi connectivity index (χ1n) is 8.91. The van der Waals surface area contributed by atoms with Gasteiger partial charge in [0, 0.05) is 19.1 Å². The lowest BCUT2D eigenvalue weighted by Gasteiger charge is -2.35. The number of hydrogen-bond acceptors (Lipinski definition) is 3. The topological polar surface area (TPSA) is 53.6 Å². The first kappa shape index (κ1) is 15.7. The summed E-state index contributed by atoms with van der Waals surface area (Å²) in [4.78, 5) is 14.3. The molecule has 1 aromatic carbocycles. The Labute approximate surface area is 141 Å². The highest BCUT2D eigenvalue weighted by atomic mass is 19.1. The van der Waals surface area contributed by atoms with Crippen molar-refractivity contribution in [3.05, 3.63) is 30.1 Å². The van der Waals surface area contributed by atoms with E-state index in [2.05, 4.69) is 10.6 Å². The standard InChI is InChI=1S/C18H24FN3O2/c19-14-5-1-2-6-16(14)22-9-3-4-12(11-22)20-18(23)21-15-10-13-7-8-17(15)24-13/h1-2,5-6,12-13,15,17H,3-4,7-11H2,(H2,20,21,23)/t12-,13+,15+,17+/m0/s1. The van der Waals surface area contributed by atoms with Crippen molar-refractivity contribution < 1.29 is 13.9 Å². The van der Waals surface area contributed by atoms with Crippen molar-refractivity contribution in [3.8, 4) is 0 Å². The SMILES string of the molecule is O=C(N[C@H]1CCCN(c2ccccc2F)C1)N[C@@H]1C[C@H]2CC[C@H]1O2.